The smallest absolute Gasteiger partial charge is 0.119 e. The van der Waals surface area contributed by atoms with E-state index in [0.29, 0.717) is 13.0 Å². The second kappa shape index (κ2) is 3.30. The molecule has 2 atom stereocenters. The van der Waals surface area contributed by atoms with Gasteiger partial charge in [-0.05, 0) is 13.5 Å². The largest absolute Gasteiger partial charge is 0.383 e. The maximum atomic E-state index is 12.9. The summed E-state index contributed by atoms with van der Waals surface area (Å²) >= 11 is 0. The van der Waals surface area contributed by atoms with E-state index < -0.39 is 6.17 Å². The maximum absolute atomic E-state index is 12.9. The number of hydrogen-bond acceptors (Lipinski definition) is 2. The van der Waals surface area contributed by atoms with Crippen LogP contribution in [-0.4, -0.2) is 44.4 Å². The molecule has 3 heteroatoms. The summed E-state index contributed by atoms with van der Waals surface area (Å²) in [7, 11) is 3.54. The van der Waals surface area contributed by atoms with Crippen molar-refractivity contribution in [2.75, 3.05) is 27.3 Å². The predicted molar refractivity (Wildman–Crippen MR) is 37.8 cm³/mol. The molecule has 1 unspecified atom stereocenters. The molecule has 1 heterocycles. The van der Waals surface area contributed by atoms with Gasteiger partial charge in [0.2, 0.25) is 0 Å². The quantitative estimate of drug-likeness (QED) is 0.569. The summed E-state index contributed by atoms with van der Waals surface area (Å²) in [6.07, 6.45) is -0.0326. The Bertz CT molecular complexity index is 99.8. The lowest BCUT2D eigenvalue weighted by atomic mass is 10.2. The zero-order chi connectivity index (χ0) is 7.56. The molecule has 0 aliphatic carbocycles. The summed E-state index contributed by atoms with van der Waals surface area (Å²) in [6.45, 7) is 1.37. The molecule has 1 aliphatic rings. The fraction of sp³-hybridized carbons (Fsp3) is 1.00. The summed E-state index contributed by atoms with van der Waals surface area (Å²) in [5.41, 5.74) is 0. The Morgan fingerprint density at radius 1 is 1.70 bits per heavy atom. The van der Waals surface area contributed by atoms with E-state index in [-0.39, 0.29) is 6.04 Å². The molecule has 1 fully saturated rings. The van der Waals surface area contributed by atoms with Crippen LogP contribution in [0, 0.1) is 0 Å². The number of ether oxygens (including phenoxy) is 1. The SMILES string of the molecule is COC[C@@H]1C(F)CCN1C. The van der Waals surface area contributed by atoms with Gasteiger partial charge in [0.15, 0.2) is 0 Å². The van der Waals surface area contributed by atoms with Crippen molar-refractivity contribution in [1.29, 1.82) is 0 Å². The molecule has 1 saturated heterocycles. The van der Waals surface area contributed by atoms with Crippen molar-refractivity contribution >= 4 is 0 Å². The topological polar surface area (TPSA) is 12.5 Å². The predicted octanol–water partition coefficient (Wildman–Crippen LogP) is 0.675. The van der Waals surface area contributed by atoms with Crippen LogP contribution in [0.15, 0.2) is 0 Å². The first-order valence-corrected chi connectivity index (χ1v) is 3.59. The highest BCUT2D eigenvalue weighted by Gasteiger charge is 2.31. The van der Waals surface area contributed by atoms with Crippen LogP contribution in [0.4, 0.5) is 4.39 Å². The molecular weight excluding hydrogens is 133 g/mol. The number of nitrogens with zero attached hydrogens (tertiary/aromatic N) is 1. The lowest BCUT2D eigenvalue weighted by Gasteiger charge is -2.19. The molecule has 0 bridgehead atoms. The minimum absolute atomic E-state index is 0.00926. The van der Waals surface area contributed by atoms with Crippen LogP contribution < -0.4 is 0 Å². The third-order valence-electron chi connectivity index (χ3n) is 2.08. The Kier molecular flexibility index (Phi) is 2.63. The molecule has 2 nitrogen and oxygen atoms in total. The molecule has 0 saturated carbocycles. The average Bonchev–Trinajstić information content (AvgIpc) is 2.20. The Hall–Kier alpha value is -0.150. The second-order valence-electron chi connectivity index (χ2n) is 2.81. The number of likely N-dealkylation sites (tertiary alicyclic amines) is 1. The Morgan fingerprint density at radius 2 is 2.40 bits per heavy atom. The van der Waals surface area contributed by atoms with Gasteiger partial charge in [0.05, 0.1) is 12.6 Å². The van der Waals surface area contributed by atoms with Gasteiger partial charge in [0.1, 0.15) is 6.17 Å². The first kappa shape index (κ1) is 7.95. The van der Waals surface area contributed by atoms with Crippen molar-refractivity contribution < 1.29 is 9.13 Å². The number of hydrogen-bond donors (Lipinski definition) is 0. The normalized spacial score (nSPS) is 35.1. The fourth-order valence-corrected chi connectivity index (χ4v) is 1.36. The third kappa shape index (κ3) is 1.47. The van der Waals surface area contributed by atoms with Crippen molar-refractivity contribution in [3.63, 3.8) is 0 Å². The van der Waals surface area contributed by atoms with Gasteiger partial charge in [0, 0.05) is 13.7 Å². The lowest BCUT2D eigenvalue weighted by Crippen LogP contribution is -2.34. The molecule has 0 aromatic carbocycles. The summed E-state index contributed by atoms with van der Waals surface area (Å²) < 4.78 is 17.8. The van der Waals surface area contributed by atoms with Crippen LogP contribution in [0.25, 0.3) is 0 Å². The van der Waals surface area contributed by atoms with Crippen LogP contribution >= 0.6 is 0 Å². The van der Waals surface area contributed by atoms with Crippen LogP contribution in [0.2, 0.25) is 0 Å². The molecule has 0 amide bonds. The van der Waals surface area contributed by atoms with Crippen molar-refractivity contribution in [2.45, 2.75) is 18.6 Å². The first-order valence-electron chi connectivity index (χ1n) is 3.59. The standard InChI is InChI=1S/C7H14FNO/c1-9-4-3-6(8)7(9)5-10-2/h6-7H,3-5H2,1-2H3/t6?,7-/m1/s1. The zero-order valence-corrected chi connectivity index (χ0v) is 6.51. The van der Waals surface area contributed by atoms with E-state index in [1.807, 2.05) is 11.9 Å². The van der Waals surface area contributed by atoms with Crippen LogP contribution in [-0.2, 0) is 4.74 Å². The maximum Gasteiger partial charge on any atom is 0.119 e. The van der Waals surface area contributed by atoms with Gasteiger partial charge < -0.3 is 4.74 Å². The van der Waals surface area contributed by atoms with Gasteiger partial charge in [0.25, 0.3) is 0 Å². The van der Waals surface area contributed by atoms with Gasteiger partial charge >= 0.3 is 0 Å². The lowest BCUT2D eigenvalue weighted by molar-refractivity contribution is 0.0972. The van der Waals surface area contributed by atoms with Crippen LogP contribution in [0.1, 0.15) is 6.42 Å². The average molecular weight is 147 g/mol. The van der Waals surface area contributed by atoms with E-state index in [9.17, 15) is 4.39 Å². The van der Waals surface area contributed by atoms with Crippen molar-refractivity contribution in [1.82, 2.24) is 4.90 Å². The Labute approximate surface area is 61.0 Å². The molecule has 1 aliphatic heterocycles. The molecule has 60 valence electrons. The number of rotatable bonds is 2. The van der Waals surface area contributed by atoms with E-state index in [1.165, 1.54) is 0 Å². The first-order chi connectivity index (χ1) is 4.75. The van der Waals surface area contributed by atoms with E-state index in [2.05, 4.69) is 0 Å². The molecule has 0 aromatic rings. The van der Waals surface area contributed by atoms with E-state index in [1.54, 1.807) is 7.11 Å². The minimum atomic E-state index is -0.690. The number of alkyl halides is 1. The molecular formula is C7H14FNO. The minimum Gasteiger partial charge on any atom is -0.383 e. The van der Waals surface area contributed by atoms with Gasteiger partial charge in [-0.15, -0.1) is 0 Å². The summed E-state index contributed by atoms with van der Waals surface area (Å²) in [5.74, 6) is 0. The van der Waals surface area contributed by atoms with Crippen molar-refractivity contribution in [3.05, 3.63) is 0 Å². The van der Waals surface area contributed by atoms with Crippen molar-refractivity contribution in [3.8, 4) is 0 Å². The van der Waals surface area contributed by atoms with Crippen LogP contribution in [0.5, 0.6) is 0 Å². The molecule has 0 radical (unpaired) electrons. The number of methoxy groups -OCH3 is 1. The molecule has 0 N–H and O–H groups in total. The molecule has 1 rings (SSSR count). The van der Waals surface area contributed by atoms with E-state index in [0.717, 1.165) is 6.54 Å². The van der Waals surface area contributed by atoms with Crippen LogP contribution in [0.3, 0.4) is 0 Å². The summed E-state index contributed by atoms with van der Waals surface area (Å²) in [4.78, 5) is 2.01. The third-order valence-corrected chi connectivity index (χ3v) is 2.08. The monoisotopic (exact) mass is 147 g/mol. The highest BCUT2D eigenvalue weighted by molar-refractivity contribution is 4.84. The van der Waals surface area contributed by atoms with Gasteiger partial charge in [-0.25, -0.2) is 4.39 Å². The van der Waals surface area contributed by atoms with E-state index in [4.69, 9.17) is 4.74 Å². The number of likely N-dealkylation sites (N-methyl/N-ethyl adjacent to an activating group) is 1. The Balaban J connectivity index is 2.38. The molecule has 0 spiro atoms. The summed E-state index contributed by atoms with van der Waals surface area (Å²) in [6, 6.07) is -0.00926. The van der Waals surface area contributed by atoms with Gasteiger partial charge in [-0.1, -0.05) is 0 Å². The number of halogens is 1. The summed E-state index contributed by atoms with van der Waals surface area (Å²) in [5, 5.41) is 0. The zero-order valence-electron chi connectivity index (χ0n) is 6.51. The fourth-order valence-electron chi connectivity index (χ4n) is 1.36. The highest BCUT2D eigenvalue weighted by Crippen LogP contribution is 2.18. The van der Waals surface area contributed by atoms with Gasteiger partial charge in [-0.3, -0.25) is 4.90 Å². The highest BCUT2D eigenvalue weighted by atomic mass is 19.1. The molecule has 0 aromatic heterocycles. The molecule has 10 heavy (non-hydrogen) atoms. The van der Waals surface area contributed by atoms with Crippen molar-refractivity contribution in [2.24, 2.45) is 0 Å². The van der Waals surface area contributed by atoms with Gasteiger partial charge in [-0.2, -0.15) is 0 Å². The second-order valence-corrected chi connectivity index (χ2v) is 2.81. The Morgan fingerprint density at radius 3 is 2.80 bits per heavy atom. The van der Waals surface area contributed by atoms with E-state index >= 15 is 0 Å².